The van der Waals surface area contributed by atoms with Crippen LogP contribution in [0.2, 0.25) is 0 Å². The third-order valence-corrected chi connectivity index (χ3v) is 4.55. The van der Waals surface area contributed by atoms with Crippen molar-refractivity contribution in [2.24, 2.45) is 23.5 Å². The van der Waals surface area contributed by atoms with Gasteiger partial charge in [-0.3, -0.25) is 0 Å². The predicted molar refractivity (Wildman–Crippen MR) is 77.0 cm³/mol. The molecular weight excluding hydrogens is 206 g/mol. The van der Waals surface area contributed by atoms with Crippen LogP contribution in [0.1, 0.15) is 79.1 Å². The lowest BCUT2D eigenvalue weighted by Gasteiger charge is -2.42. The van der Waals surface area contributed by atoms with Gasteiger partial charge in [-0.05, 0) is 43.4 Å². The molecule has 3 unspecified atom stereocenters. The Morgan fingerprint density at radius 2 is 1.76 bits per heavy atom. The summed E-state index contributed by atoms with van der Waals surface area (Å²) < 4.78 is 0. The van der Waals surface area contributed by atoms with Crippen LogP contribution in [0.3, 0.4) is 0 Å². The van der Waals surface area contributed by atoms with Gasteiger partial charge in [-0.2, -0.15) is 0 Å². The zero-order chi connectivity index (χ0) is 12.9. The van der Waals surface area contributed by atoms with Crippen molar-refractivity contribution in [1.82, 2.24) is 0 Å². The second kappa shape index (κ2) is 6.78. The van der Waals surface area contributed by atoms with Gasteiger partial charge in [-0.25, -0.2) is 0 Å². The molecule has 1 rings (SSSR count). The molecule has 3 atom stereocenters. The maximum absolute atomic E-state index is 6.69. The Kier molecular flexibility index (Phi) is 5.99. The topological polar surface area (TPSA) is 26.0 Å². The maximum Gasteiger partial charge on any atom is 0.0162 e. The maximum atomic E-state index is 6.69. The van der Waals surface area contributed by atoms with Gasteiger partial charge in [-0.1, -0.05) is 53.4 Å². The second-order valence-corrected chi connectivity index (χ2v) is 6.84. The van der Waals surface area contributed by atoms with E-state index in [2.05, 4.69) is 27.7 Å². The molecule has 0 aliphatic heterocycles. The van der Waals surface area contributed by atoms with Gasteiger partial charge in [0.25, 0.3) is 0 Å². The zero-order valence-corrected chi connectivity index (χ0v) is 12.5. The highest BCUT2D eigenvalue weighted by atomic mass is 14.8. The Hall–Kier alpha value is -0.0400. The molecule has 1 nitrogen and oxygen atoms in total. The Balaban J connectivity index is 2.50. The van der Waals surface area contributed by atoms with E-state index in [9.17, 15) is 0 Å². The van der Waals surface area contributed by atoms with Crippen molar-refractivity contribution in [1.29, 1.82) is 0 Å². The predicted octanol–water partition coefficient (Wildman–Crippen LogP) is 4.75. The molecule has 0 aromatic rings. The van der Waals surface area contributed by atoms with E-state index < -0.39 is 0 Å². The lowest BCUT2D eigenvalue weighted by Crippen LogP contribution is -2.47. The third kappa shape index (κ3) is 4.99. The van der Waals surface area contributed by atoms with Crippen molar-refractivity contribution in [2.45, 2.75) is 84.6 Å². The second-order valence-electron chi connectivity index (χ2n) is 6.84. The van der Waals surface area contributed by atoms with Crippen LogP contribution in [0.15, 0.2) is 0 Å². The van der Waals surface area contributed by atoms with Gasteiger partial charge < -0.3 is 5.73 Å². The fourth-order valence-corrected chi connectivity index (χ4v) is 4.01. The summed E-state index contributed by atoms with van der Waals surface area (Å²) in [6.45, 7) is 9.38. The normalized spacial score (nSPS) is 35.8. The van der Waals surface area contributed by atoms with Crippen LogP contribution in [0.25, 0.3) is 0 Å². The fourth-order valence-electron chi connectivity index (χ4n) is 4.01. The molecule has 0 saturated heterocycles. The number of hydrogen-bond acceptors (Lipinski definition) is 1. The molecule has 1 heteroatoms. The summed E-state index contributed by atoms with van der Waals surface area (Å²) >= 11 is 0. The number of rotatable bonds is 6. The van der Waals surface area contributed by atoms with Crippen molar-refractivity contribution in [2.75, 3.05) is 0 Å². The highest BCUT2D eigenvalue weighted by Crippen LogP contribution is 2.39. The Bertz CT molecular complexity index is 202. The summed E-state index contributed by atoms with van der Waals surface area (Å²) in [5.74, 6) is 2.51. The van der Waals surface area contributed by atoms with Crippen LogP contribution in [0.4, 0.5) is 0 Å². The van der Waals surface area contributed by atoms with Crippen LogP contribution >= 0.6 is 0 Å². The monoisotopic (exact) mass is 239 g/mol. The van der Waals surface area contributed by atoms with Crippen molar-refractivity contribution in [3.63, 3.8) is 0 Å². The van der Waals surface area contributed by atoms with E-state index in [0.29, 0.717) is 0 Å². The largest absolute Gasteiger partial charge is 0.325 e. The Morgan fingerprint density at radius 3 is 2.24 bits per heavy atom. The quantitative estimate of drug-likeness (QED) is 0.711. The van der Waals surface area contributed by atoms with E-state index in [0.717, 1.165) is 17.8 Å². The Labute approximate surface area is 109 Å². The van der Waals surface area contributed by atoms with E-state index in [1.165, 1.54) is 51.4 Å². The molecule has 0 amide bonds. The van der Waals surface area contributed by atoms with Gasteiger partial charge in [0, 0.05) is 5.54 Å². The molecule has 0 heterocycles. The first kappa shape index (κ1) is 15.0. The molecule has 17 heavy (non-hydrogen) atoms. The standard InChI is InChI=1S/C16H33N/c1-5-7-8-15(6-2)12-16(17)10-13(3)9-14(4)11-16/h13-15H,5-12,17H2,1-4H3. The summed E-state index contributed by atoms with van der Waals surface area (Å²) in [4.78, 5) is 0. The SMILES string of the molecule is CCCCC(CC)CC1(N)CC(C)CC(C)C1. The molecule has 2 N–H and O–H groups in total. The van der Waals surface area contributed by atoms with Crippen LogP contribution in [-0.4, -0.2) is 5.54 Å². The number of hydrogen-bond donors (Lipinski definition) is 1. The van der Waals surface area contributed by atoms with Crippen molar-refractivity contribution < 1.29 is 0 Å². The first-order valence-corrected chi connectivity index (χ1v) is 7.78. The van der Waals surface area contributed by atoms with Gasteiger partial charge in [0.05, 0.1) is 0 Å². The third-order valence-electron chi connectivity index (χ3n) is 4.55. The molecule has 1 fully saturated rings. The highest BCUT2D eigenvalue weighted by Gasteiger charge is 2.35. The molecule has 1 aliphatic carbocycles. The van der Waals surface area contributed by atoms with Crippen LogP contribution < -0.4 is 5.73 Å². The highest BCUT2D eigenvalue weighted by molar-refractivity contribution is 4.93. The van der Waals surface area contributed by atoms with E-state index in [-0.39, 0.29) is 5.54 Å². The van der Waals surface area contributed by atoms with Crippen LogP contribution in [0, 0.1) is 17.8 Å². The van der Waals surface area contributed by atoms with Gasteiger partial charge in [0.15, 0.2) is 0 Å². The first-order valence-electron chi connectivity index (χ1n) is 7.78. The summed E-state index contributed by atoms with van der Waals surface area (Å²) in [6, 6.07) is 0. The van der Waals surface area contributed by atoms with Crippen molar-refractivity contribution in [3.8, 4) is 0 Å². The molecule has 0 radical (unpaired) electrons. The minimum absolute atomic E-state index is 0.144. The van der Waals surface area contributed by atoms with E-state index >= 15 is 0 Å². The number of unbranched alkanes of at least 4 members (excludes halogenated alkanes) is 1. The van der Waals surface area contributed by atoms with Crippen molar-refractivity contribution in [3.05, 3.63) is 0 Å². The molecule has 102 valence electrons. The summed E-state index contributed by atoms with van der Waals surface area (Å²) in [7, 11) is 0. The molecule has 0 aromatic carbocycles. The minimum atomic E-state index is 0.144. The molecule has 1 aliphatic rings. The molecule has 0 aromatic heterocycles. The smallest absolute Gasteiger partial charge is 0.0162 e. The average molecular weight is 239 g/mol. The lowest BCUT2D eigenvalue weighted by molar-refractivity contribution is 0.148. The Morgan fingerprint density at radius 1 is 1.18 bits per heavy atom. The lowest BCUT2D eigenvalue weighted by atomic mass is 9.68. The molecule has 1 saturated carbocycles. The summed E-state index contributed by atoms with van der Waals surface area (Å²) in [6.07, 6.45) is 10.5. The van der Waals surface area contributed by atoms with E-state index in [1.807, 2.05) is 0 Å². The van der Waals surface area contributed by atoms with E-state index in [1.54, 1.807) is 0 Å². The zero-order valence-electron chi connectivity index (χ0n) is 12.5. The summed E-state index contributed by atoms with van der Waals surface area (Å²) in [5, 5.41) is 0. The summed E-state index contributed by atoms with van der Waals surface area (Å²) in [5.41, 5.74) is 6.83. The minimum Gasteiger partial charge on any atom is -0.325 e. The van der Waals surface area contributed by atoms with Gasteiger partial charge in [0.1, 0.15) is 0 Å². The van der Waals surface area contributed by atoms with Gasteiger partial charge in [0.2, 0.25) is 0 Å². The van der Waals surface area contributed by atoms with Gasteiger partial charge >= 0.3 is 0 Å². The number of nitrogens with two attached hydrogens (primary N) is 1. The van der Waals surface area contributed by atoms with Gasteiger partial charge in [-0.15, -0.1) is 0 Å². The first-order chi connectivity index (χ1) is 7.99. The van der Waals surface area contributed by atoms with Crippen molar-refractivity contribution >= 4 is 0 Å². The fraction of sp³-hybridized carbons (Fsp3) is 1.00. The molecular formula is C16H33N. The van der Waals surface area contributed by atoms with E-state index in [4.69, 9.17) is 5.73 Å². The van der Waals surface area contributed by atoms with Crippen LogP contribution in [-0.2, 0) is 0 Å². The average Bonchev–Trinajstić information content (AvgIpc) is 2.22. The molecule has 0 bridgehead atoms. The van der Waals surface area contributed by atoms with Crippen LogP contribution in [0.5, 0.6) is 0 Å². The molecule has 0 spiro atoms.